The maximum atomic E-state index is 12.4. The molecule has 0 fully saturated rings. The Balaban J connectivity index is 2.88. The van der Waals surface area contributed by atoms with Gasteiger partial charge in [-0.25, -0.2) is 0 Å². The summed E-state index contributed by atoms with van der Waals surface area (Å²) in [4.78, 5) is 0. The Morgan fingerprint density at radius 3 is 1.82 bits per heavy atom. The maximum Gasteiger partial charge on any atom is 0.416 e. The van der Waals surface area contributed by atoms with Gasteiger partial charge in [0.2, 0.25) is 0 Å². The van der Waals surface area contributed by atoms with E-state index in [1.54, 1.807) is 0 Å². The smallest absolute Gasteiger partial charge is 0.392 e. The number of aliphatic hydroxyl groups excluding tert-OH is 1. The fourth-order valence-corrected chi connectivity index (χ4v) is 1.75. The molecule has 1 aromatic rings. The molecule has 0 aliphatic heterocycles. The van der Waals surface area contributed by atoms with Gasteiger partial charge in [0.15, 0.2) is 0 Å². The first kappa shape index (κ1) is 14.0. The second kappa shape index (κ2) is 5.08. The summed E-state index contributed by atoms with van der Waals surface area (Å²) in [5.74, 6) is -0.0930. The molecule has 4 heteroatoms. The lowest BCUT2D eigenvalue weighted by Gasteiger charge is -2.22. The van der Waals surface area contributed by atoms with Crippen LogP contribution in [0.4, 0.5) is 13.2 Å². The van der Waals surface area contributed by atoms with Crippen LogP contribution in [-0.4, -0.2) is 11.2 Å². The van der Waals surface area contributed by atoms with Gasteiger partial charge in [-0.15, -0.1) is 0 Å². The molecule has 0 saturated carbocycles. The van der Waals surface area contributed by atoms with Gasteiger partial charge < -0.3 is 5.11 Å². The van der Waals surface area contributed by atoms with Crippen molar-refractivity contribution in [2.24, 2.45) is 5.92 Å². The van der Waals surface area contributed by atoms with Crippen LogP contribution in [-0.2, 0) is 6.18 Å². The molecule has 1 rings (SSSR count). The first-order valence-electron chi connectivity index (χ1n) is 5.58. The molecular formula is C13H17F3O. The van der Waals surface area contributed by atoms with E-state index in [1.807, 2.05) is 20.8 Å². The van der Waals surface area contributed by atoms with Gasteiger partial charge >= 0.3 is 6.18 Å². The number of aliphatic hydroxyl groups is 1. The molecule has 96 valence electrons. The molecule has 0 bridgehead atoms. The SMILES string of the molecule is CC(C)C(O)C(C)c1ccc(C(F)(F)F)cc1. The first-order valence-corrected chi connectivity index (χ1v) is 5.58. The van der Waals surface area contributed by atoms with Gasteiger partial charge in [0.25, 0.3) is 0 Å². The van der Waals surface area contributed by atoms with Crippen LogP contribution in [0.2, 0.25) is 0 Å². The predicted octanol–water partition coefficient (Wildman–Crippen LogP) is 3.83. The van der Waals surface area contributed by atoms with Crippen LogP contribution in [0.25, 0.3) is 0 Å². The summed E-state index contributed by atoms with van der Waals surface area (Å²) in [6.45, 7) is 5.57. The van der Waals surface area contributed by atoms with E-state index >= 15 is 0 Å². The van der Waals surface area contributed by atoms with Crippen LogP contribution in [0.15, 0.2) is 24.3 Å². The number of alkyl halides is 3. The minimum absolute atomic E-state index is 0.0762. The first-order chi connectivity index (χ1) is 7.73. The van der Waals surface area contributed by atoms with Crippen LogP contribution in [0.5, 0.6) is 0 Å². The molecule has 1 nitrogen and oxygen atoms in total. The molecule has 1 N–H and O–H groups in total. The summed E-state index contributed by atoms with van der Waals surface area (Å²) < 4.78 is 37.1. The van der Waals surface area contributed by atoms with E-state index in [0.29, 0.717) is 0 Å². The van der Waals surface area contributed by atoms with Crippen LogP contribution in [0.3, 0.4) is 0 Å². The van der Waals surface area contributed by atoms with Crippen molar-refractivity contribution in [3.63, 3.8) is 0 Å². The molecule has 1 aromatic carbocycles. The molecule has 17 heavy (non-hydrogen) atoms. The molecule has 0 saturated heterocycles. The van der Waals surface area contributed by atoms with Gasteiger partial charge in [-0.05, 0) is 23.6 Å². The molecule has 0 radical (unpaired) electrons. The van der Waals surface area contributed by atoms with Gasteiger partial charge in [0.1, 0.15) is 0 Å². The number of benzene rings is 1. The molecule has 0 aliphatic rings. The summed E-state index contributed by atoms with van der Waals surface area (Å²) in [6, 6.07) is 4.97. The lowest BCUT2D eigenvalue weighted by molar-refractivity contribution is -0.137. The number of hydrogen-bond acceptors (Lipinski definition) is 1. The summed E-state index contributed by atoms with van der Waals surface area (Å²) in [5, 5.41) is 9.86. The highest BCUT2D eigenvalue weighted by atomic mass is 19.4. The minimum Gasteiger partial charge on any atom is -0.392 e. The van der Waals surface area contributed by atoms with Gasteiger partial charge in [-0.2, -0.15) is 13.2 Å². The van der Waals surface area contributed by atoms with E-state index in [-0.39, 0.29) is 11.8 Å². The van der Waals surface area contributed by atoms with E-state index in [1.165, 1.54) is 12.1 Å². The van der Waals surface area contributed by atoms with Gasteiger partial charge in [-0.1, -0.05) is 32.9 Å². The van der Waals surface area contributed by atoms with Crippen LogP contribution in [0.1, 0.15) is 37.8 Å². The van der Waals surface area contributed by atoms with Gasteiger partial charge in [0.05, 0.1) is 11.7 Å². The number of rotatable bonds is 3. The van der Waals surface area contributed by atoms with Gasteiger partial charge in [0, 0.05) is 5.92 Å². The second-order valence-corrected chi connectivity index (χ2v) is 4.64. The third-order valence-electron chi connectivity index (χ3n) is 2.96. The fourth-order valence-electron chi connectivity index (χ4n) is 1.75. The maximum absolute atomic E-state index is 12.4. The van der Waals surface area contributed by atoms with Crippen molar-refractivity contribution < 1.29 is 18.3 Å². The predicted molar refractivity (Wildman–Crippen MR) is 60.7 cm³/mol. The van der Waals surface area contributed by atoms with Crippen molar-refractivity contribution >= 4 is 0 Å². The summed E-state index contributed by atoms with van der Waals surface area (Å²) >= 11 is 0. The summed E-state index contributed by atoms with van der Waals surface area (Å²) in [6.07, 6.45) is -4.86. The molecule has 0 aliphatic carbocycles. The quantitative estimate of drug-likeness (QED) is 0.859. The van der Waals surface area contributed by atoms with Crippen LogP contribution in [0, 0.1) is 5.92 Å². The molecular weight excluding hydrogens is 229 g/mol. The molecule has 0 heterocycles. The van der Waals surface area contributed by atoms with E-state index in [2.05, 4.69) is 0 Å². The number of hydrogen-bond donors (Lipinski definition) is 1. The van der Waals surface area contributed by atoms with E-state index in [0.717, 1.165) is 17.7 Å². The lowest BCUT2D eigenvalue weighted by Crippen LogP contribution is -2.22. The number of halogens is 3. The minimum atomic E-state index is -4.31. The van der Waals surface area contributed by atoms with E-state index in [4.69, 9.17) is 0 Å². The highest BCUT2D eigenvalue weighted by molar-refractivity contribution is 5.27. The van der Waals surface area contributed by atoms with E-state index < -0.39 is 17.8 Å². The highest BCUT2D eigenvalue weighted by Gasteiger charge is 2.30. The van der Waals surface area contributed by atoms with Crippen LogP contribution >= 0.6 is 0 Å². The van der Waals surface area contributed by atoms with Crippen LogP contribution < -0.4 is 0 Å². The Morgan fingerprint density at radius 2 is 1.47 bits per heavy atom. The zero-order valence-electron chi connectivity index (χ0n) is 10.1. The van der Waals surface area contributed by atoms with Crippen molar-refractivity contribution in [3.8, 4) is 0 Å². The monoisotopic (exact) mass is 246 g/mol. The van der Waals surface area contributed by atoms with Crippen molar-refractivity contribution in [2.75, 3.05) is 0 Å². The fraction of sp³-hybridized carbons (Fsp3) is 0.538. The third-order valence-corrected chi connectivity index (χ3v) is 2.96. The summed E-state index contributed by atoms with van der Waals surface area (Å²) in [5.41, 5.74) is 0.0617. The highest BCUT2D eigenvalue weighted by Crippen LogP contribution is 2.31. The zero-order valence-corrected chi connectivity index (χ0v) is 10.1. The lowest BCUT2D eigenvalue weighted by atomic mass is 9.88. The van der Waals surface area contributed by atoms with Crippen molar-refractivity contribution in [2.45, 2.75) is 39.0 Å². The van der Waals surface area contributed by atoms with Gasteiger partial charge in [-0.3, -0.25) is 0 Å². The average molecular weight is 246 g/mol. The largest absolute Gasteiger partial charge is 0.416 e. The second-order valence-electron chi connectivity index (χ2n) is 4.64. The molecule has 0 aromatic heterocycles. The Bertz CT molecular complexity index is 354. The van der Waals surface area contributed by atoms with Crippen molar-refractivity contribution in [1.82, 2.24) is 0 Å². The Kier molecular flexibility index (Phi) is 4.20. The molecule has 2 unspecified atom stereocenters. The normalized spacial score (nSPS) is 16.0. The van der Waals surface area contributed by atoms with E-state index in [9.17, 15) is 18.3 Å². The van der Waals surface area contributed by atoms with Crippen molar-refractivity contribution in [1.29, 1.82) is 0 Å². The summed E-state index contributed by atoms with van der Waals surface area (Å²) in [7, 11) is 0. The average Bonchev–Trinajstić information content (AvgIpc) is 2.26. The molecule has 0 amide bonds. The Labute approximate surface area is 99.3 Å². The third kappa shape index (κ3) is 3.46. The molecule has 0 spiro atoms. The Hall–Kier alpha value is -1.03. The Morgan fingerprint density at radius 1 is 1.00 bits per heavy atom. The topological polar surface area (TPSA) is 20.2 Å². The zero-order chi connectivity index (χ0) is 13.2. The molecule has 2 atom stereocenters. The standard InChI is InChI=1S/C13H17F3O/c1-8(2)12(17)9(3)10-4-6-11(7-5-10)13(14,15)16/h4-9,12,17H,1-3H3. The van der Waals surface area contributed by atoms with Crippen molar-refractivity contribution in [3.05, 3.63) is 35.4 Å².